The van der Waals surface area contributed by atoms with Crippen LogP contribution in [0.2, 0.25) is 0 Å². The summed E-state index contributed by atoms with van der Waals surface area (Å²) >= 11 is 16.6. The van der Waals surface area contributed by atoms with E-state index in [9.17, 15) is 15.2 Å². The van der Waals surface area contributed by atoms with Crippen molar-refractivity contribution in [3.05, 3.63) is 45.0 Å². The van der Waals surface area contributed by atoms with E-state index in [0.29, 0.717) is 5.56 Å². The lowest BCUT2D eigenvalue weighted by atomic mass is 10.1. The van der Waals surface area contributed by atoms with E-state index in [1.54, 1.807) is 0 Å². The molecule has 0 aromatic heterocycles. The molecule has 0 amide bonds. The number of nitro benzene ring substituents is 1. The second kappa shape index (κ2) is 5.39. The van der Waals surface area contributed by atoms with Gasteiger partial charge in [0.05, 0.1) is 9.96 Å². The number of alkyl halides is 2. The summed E-state index contributed by atoms with van der Waals surface area (Å²) in [5.74, 6) is -0.299. The minimum atomic E-state index is -1.04. The van der Waals surface area contributed by atoms with Gasteiger partial charge in [0.25, 0.3) is 5.69 Å². The fourth-order valence-electron chi connectivity index (χ4n) is 0.982. The van der Waals surface area contributed by atoms with Gasteiger partial charge in [-0.25, -0.2) is 0 Å². The molecule has 0 saturated carbocycles. The summed E-state index contributed by atoms with van der Waals surface area (Å²) in [7, 11) is 0. The largest absolute Gasteiger partial charge is 0.506 e. The van der Waals surface area contributed by atoms with Crippen molar-refractivity contribution < 1.29 is 10.0 Å². The molecule has 1 N–H and O–H groups in total. The molecule has 0 bridgehead atoms. The predicted octanol–water partition coefficient (Wildman–Crippen LogP) is 3.86. The predicted molar refractivity (Wildman–Crippen MR) is 64.0 cm³/mol. The average Bonchev–Trinajstić information content (AvgIpc) is 2.27. The topological polar surface area (TPSA) is 63.4 Å². The summed E-state index contributed by atoms with van der Waals surface area (Å²) < 4.78 is 0. The van der Waals surface area contributed by atoms with Crippen molar-refractivity contribution in [1.82, 2.24) is 0 Å². The molecule has 0 aliphatic carbocycles. The maximum absolute atomic E-state index is 10.4. The van der Waals surface area contributed by atoms with Crippen molar-refractivity contribution in [3.8, 4) is 0 Å². The number of nitrogens with zero attached hydrogens (tertiary/aromatic N) is 1. The number of hydrogen-bond donors (Lipinski definition) is 1. The fraction of sp³-hybridized carbons (Fsp3) is 0.111. The summed E-state index contributed by atoms with van der Waals surface area (Å²) in [6.45, 7) is 0. The van der Waals surface area contributed by atoms with Gasteiger partial charge in [-0.1, -0.05) is 34.8 Å². The zero-order valence-electron chi connectivity index (χ0n) is 7.73. The van der Waals surface area contributed by atoms with Crippen LogP contribution >= 0.6 is 34.8 Å². The number of aliphatic hydroxyl groups is 1. The third-order valence-electron chi connectivity index (χ3n) is 1.77. The molecular weight excluding hydrogens is 276 g/mol. The lowest BCUT2D eigenvalue weighted by Crippen LogP contribution is -1.94. The van der Waals surface area contributed by atoms with E-state index in [2.05, 4.69) is 0 Å². The first-order chi connectivity index (χ1) is 7.43. The summed E-state index contributed by atoms with van der Waals surface area (Å²) in [6, 6.07) is 5.19. The molecule has 0 saturated heterocycles. The molecule has 0 fully saturated rings. The summed E-state index contributed by atoms with van der Waals surface area (Å²) in [5, 5.41) is 19.9. The Kier molecular flexibility index (Phi) is 4.41. The normalized spacial score (nSPS) is 12.5. The van der Waals surface area contributed by atoms with Crippen molar-refractivity contribution in [2.24, 2.45) is 0 Å². The van der Waals surface area contributed by atoms with Crippen molar-refractivity contribution in [2.45, 2.75) is 4.84 Å². The van der Waals surface area contributed by atoms with Crippen LogP contribution in [0.4, 0.5) is 5.69 Å². The molecule has 0 aliphatic rings. The number of rotatable bonds is 3. The molecule has 0 unspecified atom stereocenters. The lowest BCUT2D eigenvalue weighted by molar-refractivity contribution is -0.384. The van der Waals surface area contributed by atoms with E-state index in [1.165, 1.54) is 24.3 Å². The Morgan fingerprint density at radius 2 is 1.81 bits per heavy atom. The third kappa shape index (κ3) is 3.01. The SMILES string of the molecule is O=[N+]([O-])c1ccc(C(O)=C(Cl)C(Cl)Cl)cc1. The zero-order chi connectivity index (χ0) is 12.3. The molecule has 86 valence electrons. The molecule has 0 aliphatic heterocycles. The Bertz CT molecular complexity index is 428. The van der Waals surface area contributed by atoms with Crippen LogP contribution < -0.4 is 0 Å². The molecule has 0 atom stereocenters. The van der Waals surface area contributed by atoms with Crippen LogP contribution in [-0.2, 0) is 0 Å². The molecule has 1 aromatic rings. The Labute approximate surface area is 106 Å². The zero-order valence-corrected chi connectivity index (χ0v) is 10.00. The van der Waals surface area contributed by atoms with Gasteiger partial charge in [-0.05, 0) is 12.1 Å². The Hall–Kier alpha value is -0.970. The lowest BCUT2D eigenvalue weighted by Gasteiger charge is -2.04. The quantitative estimate of drug-likeness (QED) is 0.396. The maximum Gasteiger partial charge on any atom is 0.269 e. The van der Waals surface area contributed by atoms with Gasteiger partial charge in [-0.15, -0.1) is 0 Å². The Morgan fingerprint density at radius 1 is 1.31 bits per heavy atom. The van der Waals surface area contributed by atoms with Crippen LogP contribution in [0.5, 0.6) is 0 Å². The highest BCUT2D eigenvalue weighted by molar-refractivity contribution is 6.53. The first-order valence-corrected chi connectivity index (χ1v) is 5.30. The van der Waals surface area contributed by atoms with E-state index in [-0.39, 0.29) is 16.5 Å². The van der Waals surface area contributed by atoms with Gasteiger partial charge in [0.2, 0.25) is 0 Å². The van der Waals surface area contributed by atoms with E-state index < -0.39 is 9.76 Å². The second-order valence-corrected chi connectivity index (χ2v) is 4.30. The highest BCUT2D eigenvalue weighted by Crippen LogP contribution is 2.27. The van der Waals surface area contributed by atoms with Gasteiger partial charge in [0.1, 0.15) is 10.6 Å². The number of hydrogen-bond acceptors (Lipinski definition) is 3. The van der Waals surface area contributed by atoms with Gasteiger partial charge in [-0.2, -0.15) is 0 Å². The summed E-state index contributed by atoms with van der Waals surface area (Å²) in [4.78, 5) is 8.80. The molecule has 4 nitrogen and oxygen atoms in total. The van der Waals surface area contributed by atoms with E-state index in [4.69, 9.17) is 34.8 Å². The minimum absolute atomic E-state index is 0.0824. The van der Waals surface area contributed by atoms with Crippen LogP contribution in [0.15, 0.2) is 29.3 Å². The number of aliphatic hydroxyl groups excluding tert-OH is 1. The maximum atomic E-state index is 10.4. The van der Waals surface area contributed by atoms with Gasteiger partial charge < -0.3 is 5.11 Å². The first kappa shape index (κ1) is 13.1. The molecule has 0 heterocycles. The van der Waals surface area contributed by atoms with Gasteiger partial charge in [0, 0.05) is 17.7 Å². The monoisotopic (exact) mass is 281 g/mol. The summed E-state index contributed by atoms with van der Waals surface area (Å²) in [5.41, 5.74) is 0.225. The van der Waals surface area contributed by atoms with Crippen LogP contribution in [-0.4, -0.2) is 14.9 Å². The van der Waals surface area contributed by atoms with Gasteiger partial charge in [-0.3, -0.25) is 10.1 Å². The highest BCUT2D eigenvalue weighted by atomic mass is 35.5. The van der Waals surface area contributed by atoms with E-state index >= 15 is 0 Å². The highest BCUT2D eigenvalue weighted by Gasteiger charge is 2.13. The molecule has 0 spiro atoms. The first-order valence-electron chi connectivity index (χ1n) is 4.05. The van der Waals surface area contributed by atoms with Crippen LogP contribution in [0, 0.1) is 10.1 Å². The number of non-ortho nitro benzene ring substituents is 1. The molecule has 16 heavy (non-hydrogen) atoms. The summed E-state index contributed by atoms with van der Waals surface area (Å²) in [6.07, 6.45) is 0. The molecule has 7 heteroatoms. The van der Waals surface area contributed by atoms with Crippen molar-refractivity contribution >= 4 is 46.2 Å². The molecular formula is C9H6Cl3NO3. The average molecular weight is 283 g/mol. The number of allylic oxidation sites excluding steroid dienone is 1. The van der Waals surface area contributed by atoms with Crippen LogP contribution in [0.1, 0.15) is 5.56 Å². The van der Waals surface area contributed by atoms with Crippen molar-refractivity contribution in [2.75, 3.05) is 0 Å². The number of halogens is 3. The Balaban J connectivity index is 3.07. The second-order valence-electron chi connectivity index (χ2n) is 2.80. The van der Waals surface area contributed by atoms with E-state index in [0.717, 1.165) is 0 Å². The van der Waals surface area contributed by atoms with Crippen LogP contribution in [0.25, 0.3) is 5.76 Å². The van der Waals surface area contributed by atoms with Crippen LogP contribution in [0.3, 0.4) is 0 Å². The Morgan fingerprint density at radius 3 is 2.19 bits per heavy atom. The van der Waals surface area contributed by atoms with Gasteiger partial charge >= 0.3 is 0 Å². The standard InChI is InChI=1S/C9H6Cl3NO3/c10-7(9(11)12)8(14)5-1-3-6(4-2-5)13(15)16/h1-4,9,14H. The van der Waals surface area contributed by atoms with Crippen molar-refractivity contribution in [3.63, 3.8) is 0 Å². The number of nitro groups is 1. The smallest absolute Gasteiger partial charge is 0.269 e. The third-order valence-corrected chi connectivity index (χ3v) is 2.83. The molecule has 0 radical (unpaired) electrons. The van der Waals surface area contributed by atoms with Gasteiger partial charge in [0.15, 0.2) is 0 Å². The van der Waals surface area contributed by atoms with E-state index in [1.807, 2.05) is 0 Å². The minimum Gasteiger partial charge on any atom is -0.506 e. The fourth-order valence-corrected chi connectivity index (χ4v) is 1.30. The molecule has 1 rings (SSSR count). The van der Waals surface area contributed by atoms with Crippen molar-refractivity contribution in [1.29, 1.82) is 0 Å². The number of benzene rings is 1. The molecule has 1 aromatic carbocycles.